The third-order valence-corrected chi connectivity index (χ3v) is 4.76. The fourth-order valence-electron chi connectivity index (χ4n) is 3.46. The maximum absolute atomic E-state index is 13.5. The largest absolute Gasteiger partial charge is 0.294 e. The molecule has 4 rings (SSSR count). The van der Waals surface area contributed by atoms with Gasteiger partial charge in [-0.15, -0.1) is 0 Å². The standard InChI is InChI=1S/C20H22FN5/c1-2-4-19-22-10-15-12-26(8-7-18(15)24-19)13-16-11-23-25-20(16)14-5-3-6-17(21)9-14/h3,5-6,9-11H,2,4,7-8,12-13H2,1H3,(H,23,25). The molecule has 5 nitrogen and oxygen atoms in total. The summed E-state index contributed by atoms with van der Waals surface area (Å²) >= 11 is 0. The van der Waals surface area contributed by atoms with E-state index in [4.69, 9.17) is 4.98 Å². The van der Waals surface area contributed by atoms with Gasteiger partial charge in [-0.1, -0.05) is 19.1 Å². The van der Waals surface area contributed by atoms with Crippen molar-refractivity contribution in [3.8, 4) is 11.3 Å². The first-order chi connectivity index (χ1) is 12.7. The van der Waals surface area contributed by atoms with Crippen LogP contribution in [-0.2, 0) is 25.9 Å². The molecule has 0 amide bonds. The number of hydrogen-bond donors (Lipinski definition) is 1. The molecule has 0 bridgehead atoms. The van der Waals surface area contributed by atoms with Crippen molar-refractivity contribution in [3.63, 3.8) is 0 Å². The normalized spacial score (nSPS) is 14.4. The Balaban J connectivity index is 1.50. The highest BCUT2D eigenvalue weighted by Gasteiger charge is 2.20. The first-order valence-electron chi connectivity index (χ1n) is 9.07. The lowest BCUT2D eigenvalue weighted by molar-refractivity contribution is 0.243. The van der Waals surface area contributed by atoms with Crippen molar-refractivity contribution in [3.05, 3.63) is 65.1 Å². The fraction of sp³-hybridized carbons (Fsp3) is 0.350. The lowest BCUT2D eigenvalue weighted by Crippen LogP contribution is -2.31. The number of H-pyrrole nitrogens is 1. The number of aromatic nitrogens is 4. The van der Waals surface area contributed by atoms with Crippen molar-refractivity contribution in [2.24, 2.45) is 0 Å². The van der Waals surface area contributed by atoms with Crippen molar-refractivity contribution < 1.29 is 4.39 Å². The predicted molar refractivity (Wildman–Crippen MR) is 97.8 cm³/mol. The third kappa shape index (κ3) is 3.51. The Hall–Kier alpha value is -2.60. The van der Waals surface area contributed by atoms with Crippen molar-refractivity contribution in [2.45, 2.75) is 39.3 Å². The highest BCUT2D eigenvalue weighted by atomic mass is 19.1. The maximum atomic E-state index is 13.5. The topological polar surface area (TPSA) is 57.7 Å². The van der Waals surface area contributed by atoms with Gasteiger partial charge in [0.25, 0.3) is 0 Å². The Kier molecular flexibility index (Phi) is 4.75. The molecule has 1 N–H and O–H groups in total. The number of nitrogens with zero attached hydrogens (tertiary/aromatic N) is 4. The van der Waals surface area contributed by atoms with Crippen molar-refractivity contribution in [1.29, 1.82) is 0 Å². The van der Waals surface area contributed by atoms with Crippen LogP contribution < -0.4 is 0 Å². The zero-order valence-corrected chi connectivity index (χ0v) is 14.9. The highest BCUT2D eigenvalue weighted by Crippen LogP contribution is 2.25. The molecular weight excluding hydrogens is 329 g/mol. The van der Waals surface area contributed by atoms with Crippen LogP contribution in [0.4, 0.5) is 4.39 Å². The summed E-state index contributed by atoms with van der Waals surface area (Å²) in [5.74, 6) is 0.706. The Morgan fingerprint density at radius 3 is 3.04 bits per heavy atom. The highest BCUT2D eigenvalue weighted by molar-refractivity contribution is 5.62. The van der Waals surface area contributed by atoms with Gasteiger partial charge in [0.1, 0.15) is 11.6 Å². The van der Waals surface area contributed by atoms with E-state index < -0.39 is 0 Å². The monoisotopic (exact) mass is 351 g/mol. The Morgan fingerprint density at radius 2 is 2.19 bits per heavy atom. The van der Waals surface area contributed by atoms with Crippen LogP contribution in [0.5, 0.6) is 0 Å². The van der Waals surface area contributed by atoms with Crippen molar-refractivity contribution >= 4 is 0 Å². The summed E-state index contributed by atoms with van der Waals surface area (Å²) in [6, 6.07) is 6.60. The van der Waals surface area contributed by atoms with Crippen LogP contribution >= 0.6 is 0 Å². The quantitative estimate of drug-likeness (QED) is 0.764. The summed E-state index contributed by atoms with van der Waals surface area (Å²) in [5, 5.41) is 7.18. The number of fused-ring (bicyclic) bond motifs is 1. The summed E-state index contributed by atoms with van der Waals surface area (Å²) in [7, 11) is 0. The number of hydrogen-bond acceptors (Lipinski definition) is 4. The minimum atomic E-state index is -0.241. The Labute approximate surface area is 152 Å². The smallest absolute Gasteiger partial charge is 0.128 e. The Morgan fingerprint density at radius 1 is 1.27 bits per heavy atom. The molecule has 0 atom stereocenters. The van der Waals surface area contributed by atoms with Crippen LogP contribution in [0, 0.1) is 5.82 Å². The molecule has 26 heavy (non-hydrogen) atoms. The number of benzene rings is 1. The molecule has 0 radical (unpaired) electrons. The first-order valence-corrected chi connectivity index (χ1v) is 9.07. The van der Waals surface area contributed by atoms with Crippen LogP contribution in [0.3, 0.4) is 0 Å². The molecular formula is C20H22FN5. The minimum absolute atomic E-state index is 0.241. The third-order valence-electron chi connectivity index (χ3n) is 4.76. The molecule has 134 valence electrons. The van der Waals surface area contributed by atoms with Gasteiger partial charge in [-0.3, -0.25) is 10.00 Å². The molecule has 1 aliphatic heterocycles. The van der Waals surface area contributed by atoms with Gasteiger partial charge in [0, 0.05) is 61.1 Å². The number of aryl methyl sites for hydroxylation is 1. The molecule has 0 unspecified atom stereocenters. The number of rotatable bonds is 5. The predicted octanol–water partition coefficient (Wildman–Crippen LogP) is 3.52. The summed E-state index contributed by atoms with van der Waals surface area (Å²) in [5.41, 5.74) is 5.15. The van der Waals surface area contributed by atoms with Crippen molar-refractivity contribution in [1.82, 2.24) is 25.1 Å². The van der Waals surface area contributed by atoms with Gasteiger partial charge in [0.15, 0.2) is 0 Å². The maximum Gasteiger partial charge on any atom is 0.128 e. The van der Waals surface area contributed by atoms with Crippen molar-refractivity contribution in [2.75, 3.05) is 6.54 Å². The lowest BCUT2D eigenvalue weighted by Gasteiger charge is -2.28. The number of aromatic amines is 1. The van der Waals surface area contributed by atoms with Crippen LogP contribution in [0.1, 0.15) is 36.0 Å². The lowest BCUT2D eigenvalue weighted by atomic mass is 10.0. The molecule has 0 aliphatic carbocycles. The molecule has 2 aromatic heterocycles. The molecule has 3 heterocycles. The van der Waals surface area contributed by atoms with E-state index in [1.807, 2.05) is 18.5 Å². The summed E-state index contributed by atoms with van der Waals surface area (Å²) in [6.07, 6.45) is 6.73. The molecule has 1 aliphatic rings. The average molecular weight is 351 g/mol. The van der Waals surface area contributed by atoms with E-state index in [0.29, 0.717) is 0 Å². The van der Waals surface area contributed by atoms with Crippen LogP contribution in [0.25, 0.3) is 11.3 Å². The molecule has 0 saturated carbocycles. The SMILES string of the molecule is CCCc1ncc2c(n1)CCN(Cc1cn[nH]c1-c1cccc(F)c1)C2. The van der Waals surface area contributed by atoms with E-state index in [-0.39, 0.29) is 5.82 Å². The van der Waals surface area contributed by atoms with Gasteiger partial charge in [0.05, 0.1) is 11.9 Å². The molecule has 0 spiro atoms. The van der Waals surface area contributed by atoms with Gasteiger partial charge in [0.2, 0.25) is 0 Å². The summed E-state index contributed by atoms with van der Waals surface area (Å²) < 4.78 is 13.5. The zero-order valence-electron chi connectivity index (χ0n) is 14.9. The second kappa shape index (κ2) is 7.33. The molecule has 6 heteroatoms. The van der Waals surface area contributed by atoms with Gasteiger partial charge >= 0.3 is 0 Å². The van der Waals surface area contributed by atoms with E-state index in [0.717, 1.165) is 61.5 Å². The first kappa shape index (κ1) is 16.8. The van der Waals surface area contributed by atoms with E-state index >= 15 is 0 Å². The van der Waals surface area contributed by atoms with E-state index in [9.17, 15) is 4.39 Å². The number of halogens is 1. The van der Waals surface area contributed by atoms with Gasteiger partial charge in [-0.2, -0.15) is 5.10 Å². The second-order valence-corrected chi connectivity index (χ2v) is 6.75. The zero-order chi connectivity index (χ0) is 17.9. The number of nitrogens with one attached hydrogen (secondary N) is 1. The minimum Gasteiger partial charge on any atom is -0.294 e. The molecule has 1 aromatic carbocycles. The van der Waals surface area contributed by atoms with Crippen LogP contribution in [0.15, 0.2) is 36.7 Å². The molecule has 3 aromatic rings. The second-order valence-electron chi connectivity index (χ2n) is 6.75. The van der Waals surface area contributed by atoms with Gasteiger partial charge in [-0.05, 0) is 18.6 Å². The summed E-state index contributed by atoms with van der Waals surface area (Å²) in [6.45, 7) is 4.68. The van der Waals surface area contributed by atoms with Gasteiger partial charge < -0.3 is 0 Å². The van der Waals surface area contributed by atoms with Crippen LogP contribution in [0.2, 0.25) is 0 Å². The van der Waals surface area contributed by atoms with Gasteiger partial charge in [-0.25, -0.2) is 14.4 Å². The average Bonchev–Trinajstić information content (AvgIpc) is 3.10. The van der Waals surface area contributed by atoms with E-state index in [1.165, 1.54) is 23.4 Å². The molecule has 0 fully saturated rings. The summed E-state index contributed by atoms with van der Waals surface area (Å²) in [4.78, 5) is 11.6. The van der Waals surface area contributed by atoms with E-state index in [2.05, 4.69) is 27.0 Å². The fourth-order valence-corrected chi connectivity index (χ4v) is 3.46. The Bertz CT molecular complexity index is 905. The molecule has 0 saturated heterocycles. The van der Waals surface area contributed by atoms with E-state index in [1.54, 1.807) is 6.07 Å². The van der Waals surface area contributed by atoms with Crippen LogP contribution in [-0.4, -0.2) is 31.6 Å².